The Labute approximate surface area is 119 Å². The molecule has 0 radical (unpaired) electrons. The van der Waals surface area contributed by atoms with Gasteiger partial charge in [0.05, 0.1) is 17.9 Å². The molecular formula is C15H21FN4. The van der Waals surface area contributed by atoms with E-state index >= 15 is 0 Å². The fraction of sp³-hybridized carbons (Fsp3) is 0.400. The summed E-state index contributed by atoms with van der Waals surface area (Å²) in [5.74, 6) is -0.219. The van der Waals surface area contributed by atoms with Crippen molar-refractivity contribution in [1.82, 2.24) is 9.78 Å². The number of benzene rings is 1. The van der Waals surface area contributed by atoms with E-state index in [-0.39, 0.29) is 5.82 Å². The van der Waals surface area contributed by atoms with Crippen LogP contribution in [0.5, 0.6) is 0 Å². The fourth-order valence-electron chi connectivity index (χ4n) is 2.24. The molecule has 108 valence electrons. The monoisotopic (exact) mass is 276 g/mol. The first-order valence-corrected chi connectivity index (χ1v) is 6.80. The second kappa shape index (κ2) is 6.52. The molecule has 0 amide bonds. The molecule has 20 heavy (non-hydrogen) atoms. The number of rotatable bonds is 6. The minimum absolute atomic E-state index is 0.219. The number of halogens is 1. The van der Waals surface area contributed by atoms with Crippen molar-refractivity contribution in [2.24, 2.45) is 12.8 Å². The zero-order chi connectivity index (χ0) is 14.5. The van der Waals surface area contributed by atoms with E-state index in [1.54, 1.807) is 12.1 Å². The van der Waals surface area contributed by atoms with Crippen LogP contribution >= 0.6 is 0 Å². The van der Waals surface area contributed by atoms with Crippen molar-refractivity contribution in [1.29, 1.82) is 0 Å². The first kappa shape index (κ1) is 14.5. The van der Waals surface area contributed by atoms with Crippen LogP contribution in [0.4, 0.5) is 10.1 Å². The Morgan fingerprint density at radius 1 is 1.30 bits per heavy atom. The summed E-state index contributed by atoms with van der Waals surface area (Å²) < 4.78 is 14.9. The molecule has 1 heterocycles. The standard InChI is InChI=1S/C15H21FN4/c1-12-10-15(19(2)18-12)11-20(9-3-8-17)14-6-4-13(16)5-7-14/h4-7,10H,3,8-9,11,17H2,1-2H3. The number of nitrogens with two attached hydrogens (primary N) is 1. The molecule has 0 saturated carbocycles. The van der Waals surface area contributed by atoms with Gasteiger partial charge in [-0.15, -0.1) is 0 Å². The van der Waals surface area contributed by atoms with Crippen LogP contribution in [0.2, 0.25) is 0 Å². The van der Waals surface area contributed by atoms with Crippen molar-refractivity contribution in [3.63, 3.8) is 0 Å². The molecule has 0 unspecified atom stereocenters. The highest BCUT2D eigenvalue weighted by Gasteiger charge is 2.10. The van der Waals surface area contributed by atoms with Crippen molar-refractivity contribution in [2.45, 2.75) is 19.9 Å². The molecule has 0 spiro atoms. The van der Waals surface area contributed by atoms with Gasteiger partial charge in [-0.25, -0.2) is 4.39 Å². The highest BCUT2D eigenvalue weighted by atomic mass is 19.1. The Kier molecular flexibility index (Phi) is 4.74. The van der Waals surface area contributed by atoms with E-state index in [0.29, 0.717) is 6.54 Å². The molecule has 4 nitrogen and oxygen atoms in total. The number of hydrogen-bond donors (Lipinski definition) is 1. The smallest absolute Gasteiger partial charge is 0.123 e. The number of anilines is 1. The third-order valence-electron chi connectivity index (χ3n) is 3.28. The van der Waals surface area contributed by atoms with E-state index in [4.69, 9.17) is 5.73 Å². The lowest BCUT2D eigenvalue weighted by Gasteiger charge is -2.24. The van der Waals surface area contributed by atoms with E-state index in [0.717, 1.165) is 36.6 Å². The Hall–Kier alpha value is -1.88. The quantitative estimate of drug-likeness (QED) is 0.880. The molecule has 0 saturated heterocycles. The third kappa shape index (κ3) is 3.57. The molecule has 0 bridgehead atoms. The lowest BCUT2D eigenvalue weighted by Crippen LogP contribution is -2.26. The normalized spacial score (nSPS) is 10.8. The van der Waals surface area contributed by atoms with E-state index in [9.17, 15) is 4.39 Å². The van der Waals surface area contributed by atoms with E-state index in [2.05, 4.69) is 16.1 Å². The van der Waals surface area contributed by atoms with Crippen molar-refractivity contribution in [3.05, 3.63) is 47.5 Å². The van der Waals surface area contributed by atoms with Gasteiger partial charge < -0.3 is 10.6 Å². The fourth-order valence-corrected chi connectivity index (χ4v) is 2.24. The maximum absolute atomic E-state index is 13.0. The highest BCUT2D eigenvalue weighted by molar-refractivity contribution is 5.46. The van der Waals surface area contributed by atoms with E-state index in [1.807, 2.05) is 18.7 Å². The highest BCUT2D eigenvalue weighted by Crippen LogP contribution is 2.18. The van der Waals surface area contributed by atoms with Crippen LogP contribution in [0.3, 0.4) is 0 Å². The molecule has 0 atom stereocenters. The van der Waals surface area contributed by atoms with Crippen LogP contribution in [0.15, 0.2) is 30.3 Å². The van der Waals surface area contributed by atoms with E-state index in [1.165, 1.54) is 12.1 Å². The predicted octanol–water partition coefficient (Wildman–Crippen LogP) is 2.22. The number of hydrogen-bond acceptors (Lipinski definition) is 3. The Morgan fingerprint density at radius 2 is 2.00 bits per heavy atom. The van der Waals surface area contributed by atoms with Gasteiger partial charge in [-0.1, -0.05) is 0 Å². The minimum Gasteiger partial charge on any atom is -0.366 e. The molecule has 1 aromatic carbocycles. The lowest BCUT2D eigenvalue weighted by atomic mass is 10.2. The molecule has 2 aromatic rings. The predicted molar refractivity (Wildman–Crippen MR) is 79.1 cm³/mol. The number of aromatic nitrogens is 2. The Morgan fingerprint density at radius 3 is 2.55 bits per heavy atom. The number of aryl methyl sites for hydroxylation is 2. The zero-order valence-electron chi connectivity index (χ0n) is 12.0. The molecule has 0 aliphatic rings. The summed E-state index contributed by atoms with van der Waals surface area (Å²) in [6.07, 6.45) is 0.897. The van der Waals surface area contributed by atoms with Crippen LogP contribution in [0.25, 0.3) is 0 Å². The van der Waals surface area contributed by atoms with Crippen LogP contribution in [-0.4, -0.2) is 22.9 Å². The molecular weight excluding hydrogens is 255 g/mol. The van der Waals surface area contributed by atoms with Gasteiger partial charge in [-0.3, -0.25) is 4.68 Å². The zero-order valence-corrected chi connectivity index (χ0v) is 12.0. The molecule has 0 aliphatic carbocycles. The van der Waals surface area contributed by atoms with Crippen LogP contribution in [0.1, 0.15) is 17.8 Å². The van der Waals surface area contributed by atoms with Crippen molar-refractivity contribution in [3.8, 4) is 0 Å². The minimum atomic E-state index is -0.219. The molecule has 0 fully saturated rings. The largest absolute Gasteiger partial charge is 0.366 e. The van der Waals surface area contributed by atoms with Gasteiger partial charge in [0.2, 0.25) is 0 Å². The molecule has 2 N–H and O–H groups in total. The maximum atomic E-state index is 13.0. The molecule has 5 heteroatoms. The van der Waals surface area contributed by atoms with Crippen LogP contribution < -0.4 is 10.6 Å². The van der Waals surface area contributed by atoms with Crippen molar-refractivity contribution in [2.75, 3.05) is 18.0 Å². The SMILES string of the molecule is Cc1cc(CN(CCCN)c2ccc(F)cc2)n(C)n1. The van der Waals surface area contributed by atoms with Gasteiger partial charge in [0.1, 0.15) is 5.82 Å². The molecule has 1 aromatic heterocycles. The van der Waals surface area contributed by atoms with Crippen LogP contribution in [-0.2, 0) is 13.6 Å². The Bertz CT molecular complexity index is 548. The molecule has 0 aliphatic heterocycles. The average molecular weight is 276 g/mol. The summed E-state index contributed by atoms with van der Waals surface area (Å²) in [6, 6.07) is 8.64. The van der Waals surface area contributed by atoms with Gasteiger partial charge in [0.15, 0.2) is 0 Å². The summed E-state index contributed by atoms with van der Waals surface area (Å²) in [5, 5.41) is 4.36. The van der Waals surface area contributed by atoms with Gasteiger partial charge in [0, 0.05) is 19.3 Å². The first-order chi connectivity index (χ1) is 9.60. The second-order valence-corrected chi connectivity index (χ2v) is 4.94. The summed E-state index contributed by atoms with van der Waals surface area (Å²) in [6.45, 7) is 4.20. The summed E-state index contributed by atoms with van der Waals surface area (Å²) >= 11 is 0. The second-order valence-electron chi connectivity index (χ2n) is 4.94. The Balaban J connectivity index is 2.18. The van der Waals surface area contributed by atoms with E-state index < -0.39 is 0 Å². The van der Waals surface area contributed by atoms with Crippen molar-refractivity contribution < 1.29 is 4.39 Å². The van der Waals surface area contributed by atoms with Gasteiger partial charge in [-0.2, -0.15) is 5.10 Å². The number of nitrogens with zero attached hydrogens (tertiary/aromatic N) is 3. The topological polar surface area (TPSA) is 47.1 Å². The average Bonchev–Trinajstić information content (AvgIpc) is 2.74. The first-order valence-electron chi connectivity index (χ1n) is 6.80. The summed E-state index contributed by atoms with van der Waals surface area (Å²) in [7, 11) is 1.94. The summed E-state index contributed by atoms with van der Waals surface area (Å²) in [5.41, 5.74) is 8.73. The maximum Gasteiger partial charge on any atom is 0.123 e. The third-order valence-corrected chi connectivity index (χ3v) is 3.28. The van der Waals surface area contributed by atoms with Crippen molar-refractivity contribution >= 4 is 5.69 Å². The van der Waals surface area contributed by atoms with Gasteiger partial charge >= 0.3 is 0 Å². The van der Waals surface area contributed by atoms with Gasteiger partial charge in [0.25, 0.3) is 0 Å². The van der Waals surface area contributed by atoms with Gasteiger partial charge in [-0.05, 0) is 50.2 Å². The lowest BCUT2D eigenvalue weighted by molar-refractivity contribution is 0.626. The summed E-state index contributed by atoms with van der Waals surface area (Å²) in [4.78, 5) is 2.20. The van der Waals surface area contributed by atoms with Crippen LogP contribution in [0, 0.1) is 12.7 Å². The molecule has 2 rings (SSSR count).